The lowest BCUT2D eigenvalue weighted by Gasteiger charge is -2.59. The molecule has 6 nitrogen and oxygen atoms in total. The Balaban J connectivity index is 1.27. The molecular formula is C24H31N3O3. The highest BCUT2D eigenvalue weighted by Gasteiger charge is 2.53. The molecule has 0 radical (unpaired) electrons. The van der Waals surface area contributed by atoms with Crippen molar-refractivity contribution in [1.82, 2.24) is 10.2 Å². The average molecular weight is 410 g/mol. The highest BCUT2D eigenvalue weighted by Crippen LogP contribution is 2.61. The number of amides is 4. The number of hydrogen-bond donors (Lipinski definition) is 2. The van der Waals surface area contributed by atoms with Crippen LogP contribution < -0.4 is 10.6 Å². The molecule has 1 aromatic rings. The fourth-order valence-electron chi connectivity index (χ4n) is 7.03. The van der Waals surface area contributed by atoms with E-state index in [1.54, 1.807) is 18.2 Å². The molecule has 2 N–H and O–H groups in total. The van der Waals surface area contributed by atoms with Crippen molar-refractivity contribution in [3.8, 4) is 0 Å². The molecule has 160 valence electrons. The van der Waals surface area contributed by atoms with Crippen LogP contribution in [0.3, 0.4) is 0 Å². The zero-order valence-electron chi connectivity index (χ0n) is 18.0. The summed E-state index contributed by atoms with van der Waals surface area (Å²) >= 11 is 0. The Morgan fingerprint density at radius 1 is 0.967 bits per heavy atom. The maximum Gasteiger partial charge on any atom is 0.319 e. The van der Waals surface area contributed by atoms with Crippen molar-refractivity contribution < 1.29 is 14.4 Å². The first-order valence-corrected chi connectivity index (χ1v) is 11.4. The van der Waals surface area contributed by atoms with E-state index >= 15 is 0 Å². The monoisotopic (exact) mass is 409 g/mol. The summed E-state index contributed by atoms with van der Waals surface area (Å²) in [5, 5.41) is 6.07. The van der Waals surface area contributed by atoms with Crippen molar-refractivity contribution in [1.29, 1.82) is 0 Å². The van der Waals surface area contributed by atoms with Gasteiger partial charge in [-0.15, -0.1) is 0 Å². The number of imide groups is 1. The minimum absolute atomic E-state index is 0.125. The number of carbonyl (C=O) groups is 3. The molecule has 1 aliphatic heterocycles. The Kier molecular flexibility index (Phi) is 4.46. The second-order valence-corrected chi connectivity index (χ2v) is 10.4. The molecular weight excluding hydrogens is 378 g/mol. The largest absolute Gasteiger partial charge is 0.335 e. The van der Waals surface area contributed by atoms with Gasteiger partial charge in [0.05, 0.1) is 11.1 Å². The third-order valence-electron chi connectivity index (χ3n) is 8.04. The van der Waals surface area contributed by atoms with Crippen LogP contribution in [0.1, 0.15) is 80.0 Å². The molecule has 0 aromatic heterocycles. The number of carbonyl (C=O) groups excluding carboxylic acids is 3. The molecule has 6 heteroatoms. The Hall–Kier alpha value is -2.37. The molecule has 30 heavy (non-hydrogen) atoms. The minimum atomic E-state index is -0.295. The molecule has 1 aromatic carbocycles. The molecule has 1 unspecified atom stereocenters. The minimum Gasteiger partial charge on any atom is -0.335 e. The van der Waals surface area contributed by atoms with E-state index in [2.05, 4.69) is 17.6 Å². The van der Waals surface area contributed by atoms with Crippen LogP contribution in [0, 0.1) is 23.2 Å². The molecule has 0 saturated heterocycles. The van der Waals surface area contributed by atoms with Crippen LogP contribution in [0.15, 0.2) is 18.2 Å². The molecule has 6 rings (SSSR count). The number of urea groups is 1. The van der Waals surface area contributed by atoms with Crippen molar-refractivity contribution >= 4 is 23.5 Å². The summed E-state index contributed by atoms with van der Waals surface area (Å²) in [6, 6.07) is 4.64. The molecule has 4 bridgehead atoms. The van der Waals surface area contributed by atoms with E-state index in [0.29, 0.717) is 16.8 Å². The quantitative estimate of drug-likeness (QED) is 0.723. The van der Waals surface area contributed by atoms with Gasteiger partial charge in [-0.2, -0.15) is 0 Å². The highest BCUT2D eigenvalue weighted by molar-refractivity contribution is 6.22. The van der Waals surface area contributed by atoms with Crippen molar-refractivity contribution in [2.45, 2.75) is 71.4 Å². The molecule has 1 atom stereocenters. The fourth-order valence-corrected chi connectivity index (χ4v) is 7.03. The summed E-state index contributed by atoms with van der Waals surface area (Å²) in [6.45, 7) is 5.79. The zero-order valence-corrected chi connectivity index (χ0v) is 18.0. The van der Waals surface area contributed by atoms with Crippen LogP contribution in [-0.2, 0) is 0 Å². The predicted molar refractivity (Wildman–Crippen MR) is 114 cm³/mol. The highest BCUT2D eigenvalue weighted by atomic mass is 16.2. The van der Waals surface area contributed by atoms with E-state index in [-0.39, 0.29) is 35.3 Å². The number of anilines is 1. The number of benzene rings is 1. The predicted octanol–water partition coefficient (Wildman–Crippen LogP) is 4.42. The van der Waals surface area contributed by atoms with E-state index in [0.717, 1.165) is 17.8 Å². The summed E-state index contributed by atoms with van der Waals surface area (Å²) in [5.74, 6) is 1.96. The zero-order chi connectivity index (χ0) is 21.2. The molecule has 1 heterocycles. The van der Waals surface area contributed by atoms with Gasteiger partial charge in [0.2, 0.25) is 0 Å². The van der Waals surface area contributed by atoms with E-state index in [9.17, 15) is 14.4 Å². The van der Waals surface area contributed by atoms with Gasteiger partial charge in [-0.1, -0.05) is 0 Å². The van der Waals surface area contributed by atoms with Gasteiger partial charge >= 0.3 is 6.03 Å². The van der Waals surface area contributed by atoms with Crippen molar-refractivity contribution in [3.63, 3.8) is 0 Å². The van der Waals surface area contributed by atoms with Crippen LogP contribution in [-0.4, -0.2) is 34.8 Å². The van der Waals surface area contributed by atoms with Crippen LogP contribution >= 0.6 is 0 Å². The fraction of sp³-hybridized carbons (Fsp3) is 0.625. The maximum atomic E-state index is 12.8. The van der Waals surface area contributed by atoms with Crippen molar-refractivity contribution in [2.75, 3.05) is 5.32 Å². The van der Waals surface area contributed by atoms with E-state index < -0.39 is 0 Å². The maximum absolute atomic E-state index is 12.8. The summed E-state index contributed by atoms with van der Waals surface area (Å²) in [5.41, 5.74) is 1.54. The number of nitrogens with one attached hydrogen (secondary N) is 2. The molecule has 4 saturated carbocycles. The number of hydrogen-bond acceptors (Lipinski definition) is 3. The van der Waals surface area contributed by atoms with Gasteiger partial charge in [-0.25, -0.2) is 4.79 Å². The van der Waals surface area contributed by atoms with Crippen molar-refractivity contribution in [3.05, 3.63) is 29.3 Å². The van der Waals surface area contributed by atoms with Gasteiger partial charge in [0.25, 0.3) is 11.8 Å². The first-order chi connectivity index (χ1) is 14.3. The summed E-state index contributed by atoms with van der Waals surface area (Å²) in [7, 11) is 0. The molecule has 5 aliphatic rings. The van der Waals surface area contributed by atoms with Gasteiger partial charge in [0, 0.05) is 17.8 Å². The first-order valence-electron chi connectivity index (χ1n) is 11.4. The Morgan fingerprint density at radius 2 is 1.53 bits per heavy atom. The van der Waals surface area contributed by atoms with Gasteiger partial charge in [-0.3, -0.25) is 14.5 Å². The first kappa shape index (κ1) is 19.6. The molecule has 4 fully saturated rings. The molecule has 4 aliphatic carbocycles. The van der Waals surface area contributed by atoms with Gasteiger partial charge in [-0.05, 0) is 101 Å². The summed E-state index contributed by atoms with van der Waals surface area (Å²) < 4.78 is 0. The lowest BCUT2D eigenvalue weighted by atomic mass is 9.48. The van der Waals surface area contributed by atoms with E-state index in [1.807, 2.05) is 13.8 Å². The SMILES string of the molecule is CC(C)N1C(=O)c2ccc(NC(=O)NC(C)C34CC5CC(CC(C5)C3)C4)cc2C1=O. The Morgan fingerprint density at radius 3 is 2.10 bits per heavy atom. The van der Waals surface area contributed by atoms with Crippen LogP contribution in [0.2, 0.25) is 0 Å². The summed E-state index contributed by atoms with van der Waals surface area (Å²) in [6.07, 6.45) is 7.86. The summed E-state index contributed by atoms with van der Waals surface area (Å²) in [4.78, 5) is 39.1. The van der Waals surface area contributed by atoms with Crippen LogP contribution in [0.5, 0.6) is 0 Å². The standard InChI is InChI=1S/C24H31N3O3/c1-13(2)27-21(28)19-5-4-18(9-20(19)22(27)29)26-23(30)25-14(3)24-10-15-6-16(11-24)8-17(7-15)12-24/h4-5,9,13-17H,6-8,10-12H2,1-3H3,(H2,25,26,30). The molecule has 0 spiro atoms. The lowest BCUT2D eigenvalue weighted by Crippen LogP contribution is -2.56. The van der Waals surface area contributed by atoms with Gasteiger partial charge < -0.3 is 10.6 Å². The lowest BCUT2D eigenvalue weighted by molar-refractivity contribution is -0.0679. The normalized spacial score (nSPS) is 32.5. The van der Waals surface area contributed by atoms with Gasteiger partial charge in [0.15, 0.2) is 0 Å². The Bertz CT molecular complexity index is 887. The third kappa shape index (κ3) is 3.03. The number of rotatable bonds is 4. The van der Waals surface area contributed by atoms with Crippen LogP contribution in [0.25, 0.3) is 0 Å². The smallest absolute Gasteiger partial charge is 0.319 e. The Labute approximate surface area is 177 Å². The van der Waals surface area contributed by atoms with Gasteiger partial charge in [0.1, 0.15) is 0 Å². The van der Waals surface area contributed by atoms with E-state index in [4.69, 9.17) is 0 Å². The van der Waals surface area contributed by atoms with E-state index in [1.165, 1.54) is 43.4 Å². The average Bonchev–Trinajstić information content (AvgIpc) is 2.90. The number of nitrogens with zero attached hydrogens (tertiary/aromatic N) is 1. The second-order valence-electron chi connectivity index (χ2n) is 10.4. The van der Waals surface area contributed by atoms with Crippen LogP contribution in [0.4, 0.5) is 10.5 Å². The van der Waals surface area contributed by atoms with Crippen molar-refractivity contribution in [2.24, 2.45) is 23.2 Å². The topological polar surface area (TPSA) is 78.5 Å². The number of fused-ring (bicyclic) bond motifs is 1. The molecule has 4 amide bonds. The second kappa shape index (κ2) is 6.82. The third-order valence-corrected chi connectivity index (χ3v) is 8.04.